The zero-order chi connectivity index (χ0) is 15.5. The van der Waals surface area contributed by atoms with Gasteiger partial charge in [-0.1, -0.05) is 28.6 Å². The highest BCUT2D eigenvalue weighted by molar-refractivity contribution is 7.20. The molecule has 2 heterocycles. The Kier molecular flexibility index (Phi) is 3.98. The molecule has 2 aromatic heterocycles. The lowest BCUT2D eigenvalue weighted by Gasteiger charge is -2.01. The van der Waals surface area contributed by atoms with Gasteiger partial charge in [0.2, 0.25) is 5.71 Å². The van der Waals surface area contributed by atoms with Crippen LogP contribution in [-0.4, -0.2) is 28.8 Å². The first kappa shape index (κ1) is 14.4. The summed E-state index contributed by atoms with van der Waals surface area (Å²) in [5.41, 5.74) is 6.57. The fourth-order valence-electron chi connectivity index (χ4n) is 1.70. The van der Waals surface area contributed by atoms with Gasteiger partial charge in [0.15, 0.2) is 5.13 Å². The van der Waals surface area contributed by atoms with Crippen LogP contribution in [0.5, 0.6) is 5.19 Å². The first-order chi connectivity index (χ1) is 10.7. The third-order valence-corrected chi connectivity index (χ3v) is 4.18. The van der Waals surface area contributed by atoms with Crippen molar-refractivity contribution in [1.29, 1.82) is 0 Å². The molecule has 0 fully saturated rings. The van der Waals surface area contributed by atoms with Crippen LogP contribution in [-0.2, 0) is 9.63 Å². The maximum atomic E-state index is 12.2. The van der Waals surface area contributed by atoms with E-state index < -0.39 is 5.97 Å². The van der Waals surface area contributed by atoms with E-state index in [0.717, 1.165) is 10.2 Å². The van der Waals surface area contributed by atoms with Crippen molar-refractivity contribution in [2.75, 3.05) is 12.8 Å². The molecule has 0 spiro atoms. The van der Waals surface area contributed by atoms with Crippen LogP contribution in [0.15, 0.2) is 34.8 Å². The van der Waals surface area contributed by atoms with Crippen molar-refractivity contribution in [2.24, 2.45) is 5.16 Å². The summed E-state index contributed by atoms with van der Waals surface area (Å²) in [6.07, 6.45) is 0. The molecule has 9 heteroatoms. The molecule has 112 valence electrons. The van der Waals surface area contributed by atoms with Crippen molar-refractivity contribution in [1.82, 2.24) is 9.97 Å². The number of esters is 1. The van der Waals surface area contributed by atoms with Gasteiger partial charge in [-0.2, -0.15) is 0 Å². The lowest BCUT2D eigenvalue weighted by atomic mass is 10.3. The summed E-state index contributed by atoms with van der Waals surface area (Å²) < 4.78 is 6.18. The van der Waals surface area contributed by atoms with Crippen LogP contribution in [0.1, 0.15) is 5.69 Å². The zero-order valence-corrected chi connectivity index (χ0v) is 13.0. The number of thiazole rings is 2. The number of aromatic nitrogens is 2. The first-order valence-electron chi connectivity index (χ1n) is 6.07. The lowest BCUT2D eigenvalue weighted by molar-refractivity contribution is -0.127. The maximum absolute atomic E-state index is 12.2. The van der Waals surface area contributed by atoms with Gasteiger partial charge in [-0.15, -0.1) is 11.3 Å². The largest absolute Gasteiger partial charge is 0.398 e. The summed E-state index contributed by atoms with van der Waals surface area (Å²) in [6, 6.07) is 7.50. The fourth-order valence-corrected chi connectivity index (χ4v) is 3.06. The Bertz CT molecular complexity index is 823. The number of para-hydroxylation sites is 1. The highest BCUT2D eigenvalue weighted by Gasteiger charge is 2.22. The van der Waals surface area contributed by atoms with Gasteiger partial charge in [0, 0.05) is 5.38 Å². The third kappa shape index (κ3) is 2.90. The van der Waals surface area contributed by atoms with Crippen molar-refractivity contribution in [3.63, 3.8) is 0 Å². The average Bonchev–Trinajstić information content (AvgIpc) is 3.10. The molecule has 0 aliphatic rings. The number of nitrogens with zero attached hydrogens (tertiary/aromatic N) is 3. The number of anilines is 1. The van der Waals surface area contributed by atoms with E-state index in [1.165, 1.54) is 29.8 Å². The highest BCUT2D eigenvalue weighted by atomic mass is 32.1. The van der Waals surface area contributed by atoms with Crippen molar-refractivity contribution in [3.05, 3.63) is 35.3 Å². The fraction of sp³-hybridized carbons (Fsp3) is 0.0769. The molecule has 0 radical (unpaired) electrons. The summed E-state index contributed by atoms with van der Waals surface area (Å²) in [4.78, 5) is 25.2. The molecule has 0 aliphatic heterocycles. The second-order valence-corrected chi connectivity index (χ2v) is 5.91. The lowest BCUT2D eigenvalue weighted by Crippen LogP contribution is -2.22. The molecule has 0 unspecified atom stereocenters. The summed E-state index contributed by atoms with van der Waals surface area (Å²) in [6.45, 7) is 0. The van der Waals surface area contributed by atoms with Crippen molar-refractivity contribution in [2.45, 2.75) is 0 Å². The summed E-state index contributed by atoms with van der Waals surface area (Å²) >= 11 is 2.46. The Morgan fingerprint density at radius 1 is 1.32 bits per heavy atom. The number of nitrogens with two attached hydrogens (primary N) is 1. The number of carbonyl (C=O) groups is 1. The van der Waals surface area contributed by atoms with Crippen LogP contribution in [0, 0.1) is 0 Å². The molecule has 0 aliphatic carbocycles. The number of nitrogen functional groups attached to an aromatic ring is 1. The highest BCUT2D eigenvalue weighted by Crippen LogP contribution is 2.27. The van der Waals surface area contributed by atoms with Crippen LogP contribution in [0.4, 0.5) is 5.13 Å². The quantitative estimate of drug-likeness (QED) is 0.446. The molecule has 1 aromatic carbocycles. The molecule has 0 amide bonds. The molecule has 3 aromatic rings. The second kappa shape index (κ2) is 6.08. The van der Waals surface area contributed by atoms with Crippen molar-refractivity contribution >= 4 is 49.7 Å². The zero-order valence-electron chi connectivity index (χ0n) is 11.3. The minimum atomic E-state index is -0.703. The van der Waals surface area contributed by atoms with Gasteiger partial charge in [0.25, 0.3) is 5.19 Å². The summed E-state index contributed by atoms with van der Waals surface area (Å²) in [5.74, 6) is -0.703. The SMILES string of the molecule is CON=C(C(=O)Oc1nc2ccccc2s1)c1csc(N)n1. The maximum Gasteiger partial charge on any atom is 0.370 e. The van der Waals surface area contributed by atoms with E-state index in [1.807, 2.05) is 24.3 Å². The van der Waals surface area contributed by atoms with E-state index >= 15 is 0 Å². The standard InChI is InChI=1S/C13H10N4O3S2/c1-19-17-10(8-6-21-12(14)15-8)11(18)20-13-16-7-4-2-3-5-9(7)22-13/h2-6H,1H3,(H2,14,15). The molecule has 0 saturated carbocycles. The first-order valence-corrected chi connectivity index (χ1v) is 7.77. The van der Waals surface area contributed by atoms with Crippen LogP contribution < -0.4 is 10.5 Å². The van der Waals surface area contributed by atoms with E-state index in [-0.39, 0.29) is 10.9 Å². The van der Waals surface area contributed by atoms with Gasteiger partial charge in [-0.25, -0.2) is 14.8 Å². The monoisotopic (exact) mass is 334 g/mol. The van der Waals surface area contributed by atoms with E-state index in [2.05, 4.69) is 20.0 Å². The van der Waals surface area contributed by atoms with Gasteiger partial charge in [0.1, 0.15) is 12.8 Å². The number of carbonyl (C=O) groups excluding carboxylic acids is 1. The Balaban J connectivity index is 1.86. The Morgan fingerprint density at radius 3 is 2.82 bits per heavy atom. The minimum absolute atomic E-state index is 0.0605. The Labute approximate surface area is 133 Å². The molecular weight excluding hydrogens is 324 g/mol. The second-order valence-electron chi connectivity index (χ2n) is 4.03. The molecular formula is C13H10N4O3S2. The van der Waals surface area contributed by atoms with Gasteiger partial charge in [0.05, 0.1) is 10.2 Å². The Hall–Kier alpha value is -2.52. The minimum Gasteiger partial charge on any atom is -0.398 e. The van der Waals surface area contributed by atoms with E-state index in [4.69, 9.17) is 10.5 Å². The van der Waals surface area contributed by atoms with E-state index in [1.54, 1.807) is 5.38 Å². The number of hydrogen-bond acceptors (Lipinski definition) is 9. The average molecular weight is 334 g/mol. The smallest absolute Gasteiger partial charge is 0.370 e. The molecule has 22 heavy (non-hydrogen) atoms. The molecule has 2 N–H and O–H groups in total. The number of hydrogen-bond donors (Lipinski definition) is 1. The molecule has 0 atom stereocenters. The number of rotatable bonds is 4. The predicted octanol–water partition coefficient (Wildman–Crippen LogP) is 2.29. The van der Waals surface area contributed by atoms with Gasteiger partial charge in [-0.05, 0) is 12.1 Å². The Morgan fingerprint density at radius 2 is 2.14 bits per heavy atom. The van der Waals surface area contributed by atoms with Crippen LogP contribution in [0.2, 0.25) is 0 Å². The topological polar surface area (TPSA) is 99.7 Å². The number of benzene rings is 1. The number of fused-ring (bicyclic) bond motifs is 1. The summed E-state index contributed by atoms with van der Waals surface area (Å²) in [5, 5.41) is 5.83. The van der Waals surface area contributed by atoms with Crippen molar-refractivity contribution in [3.8, 4) is 5.19 Å². The number of oxime groups is 1. The predicted molar refractivity (Wildman–Crippen MR) is 85.3 cm³/mol. The van der Waals surface area contributed by atoms with E-state index in [0.29, 0.717) is 10.8 Å². The van der Waals surface area contributed by atoms with Gasteiger partial charge >= 0.3 is 5.97 Å². The van der Waals surface area contributed by atoms with Crippen LogP contribution in [0.3, 0.4) is 0 Å². The molecule has 0 bridgehead atoms. The summed E-state index contributed by atoms with van der Waals surface area (Å²) in [7, 11) is 1.33. The van der Waals surface area contributed by atoms with Gasteiger partial charge in [-0.3, -0.25) is 0 Å². The molecule has 7 nitrogen and oxygen atoms in total. The van der Waals surface area contributed by atoms with E-state index in [9.17, 15) is 4.79 Å². The van der Waals surface area contributed by atoms with Gasteiger partial charge < -0.3 is 15.3 Å². The van der Waals surface area contributed by atoms with Crippen LogP contribution in [0.25, 0.3) is 10.2 Å². The molecule has 0 saturated heterocycles. The molecule has 3 rings (SSSR count). The van der Waals surface area contributed by atoms with Crippen molar-refractivity contribution < 1.29 is 14.4 Å². The normalized spacial score (nSPS) is 11.6. The third-order valence-electron chi connectivity index (χ3n) is 2.59. The van der Waals surface area contributed by atoms with Crippen LogP contribution >= 0.6 is 22.7 Å². The number of ether oxygens (including phenoxy) is 1.